The van der Waals surface area contributed by atoms with Crippen molar-refractivity contribution in [2.24, 2.45) is 5.92 Å². The molecule has 1 aliphatic rings. The first kappa shape index (κ1) is 17.6. The van der Waals surface area contributed by atoms with Gasteiger partial charge in [0.1, 0.15) is 5.82 Å². The van der Waals surface area contributed by atoms with Gasteiger partial charge in [-0.2, -0.15) is 0 Å². The summed E-state index contributed by atoms with van der Waals surface area (Å²) in [7, 11) is 0. The maximum atomic E-state index is 13.0. The van der Waals surface area contributed by atoms with E-state index in [1.54, 1.807) is 6.07 Å². The molecule has 0 aliphatic carbocycles. The van der Waals surface area contributed by atoms with Crippen LogP contribution in [0.15, 0.2) is 34.9 Å². The fourth-order valence-electron chi connectivity index (χ4n) is 3.25. The number of aromatic nitrogens is 1. The lowest BCUT2D eigenvalue weighted by Crippen LogP contribution is -2.36. The summed E-state index contributed by atoms with van der Waals surface area (Å²) in [5.41, 5.74) is 1.94. The quantitative estimate of drug-likeness (QED) is 0.872. The summed E-state index contributed by atoms with van der Waals surface area (Å²) >= 11 is 0. The highest BCUT2D eigenvalue weighted by Gasteiger charge is 2.20. The van der Waals surface area contributed by atoms with E-state index in [0.29, 0.717) is 18.2 Å². The number of aryl methyl sites for hydroxylation is 1. The maximum absolute atomic E-state index is 13.0. The SMILES string of the molecule is Cc1cc(NC(=O)CCN2CCC(Cc3ccc(F)cc3)CC2)on1. The number of anilines is 1. The lowest BCUT2D eigenvalue weighted by Gasteiger charge is -2.31. The number of hydrogen-bond donors (Lipinski definition) is 1. The molecule has 1 N–H and O–H groups in total. The van der Waals surface area contributed by atoms with Crippen LogP contribution in [0.3, 0.4) is 0 Å². The van der Waals surface area contributed by atoms with Crippen LogP contribution in [0.5, 0.6) is 0 Å². The Morgan fingerprint density at radius 2 is 2.04 bits per heavy atom. The fraction of sp³-hybridized carbons (Fsp3) is 0.474. The highest BCUT2D eigenvalue weighted by molar-refractivity contribution is 5.89. The van der Waals surface area contributed by atoms with Gasteiger partial charge in [0.25, 0.3) is 0 Å². The van der Waals surface area contributed by atoms with Gasteiger partial charge in [0.2, 0.25) is 11.8 Å². The van der Waals surface area contributed by atoms with Crippen LogP contribution in [0.4, 0.5) is 10.3 Å². The lowest BCUT2D eigenvalue weighted by atomic mass is 9.90. The van der Waals surface area contributed by atoms with Gasteiger partial charge >= 0.3 is 0 Å². The van der Waals surface area contributed by atoms with Crippen molar-refractivity contribution in [2.75, 3.05) is 25.0 Å². The van der Waals surface area contributed by atoms with Gasteiger partial charge in [0, 0.05) is 19.0 Å². The van der Waals surface area contributed by atoms with Gasteiger partial charge in [0.15, 0.2) is 0 Å². The second kappa shape index (κ2) is 8.25. The van der Waals surface area contributed by atoms with Crippen molar-refractivity contribution in [3.05, 3.63) is 47.4 Å². The van der Waals surface area contributed by atoms with E-state index in [0.717, 1.165) is 44.6 Å². The summed E-state index contributed by atoms with van der Waals surface area (Å²) in [6.07, 6.45) is 3.67. The van der Waals surface area contributed by atoms with Crippen molar-refractivity contribution in [1.82, 2.24) is 10.1 Å². The van der Waals surface area contributed by atoms with Crippen molar-refractivity contribution in [2.45, 2.75) is 32.6 Å². The van der Waals surface area contributed by atoms with Crippen LogP contribution in [-0.4, -0.2) is 35.6 Å². The van der Waals surface area contributed by atoms with Crippen LogP contribution in [0.1, 0.15) is 30.5 Å². The molecule has 2 heterocycles. The number of hydrogen-bond acceptors (Lipinski definition) is 4. The summed E-state index contributed by atoms with van der Waals surface area (Å²) < 4.78 is 17.9. The molecule has 1 fully saturated rings. The van der Waals surface area contributed by atoms with Gasteiger partial charge in [-0.3, -0.25) is 10.1 Å². The third-order valence-corrected chi connectivity index (χ3v) is 4.69. The van der Waals surface area contributed by atoms with Gasteiger partial charge in [-0.1, -0.05) is 17.3 Å². The molecule has 0 spiro atoms. The van der Waals surface area contributed by atoms with Crippen LogP contribution in [0.2, 0.25) is 0 Å². The maximum Gasteiger partial charge on any atom is 0.231 e. The molecule has 1 aromatic carbocycles. The summed E-state index contributed by atoms with van der Waals surface area (Å²) in [5.74, 6) is 0.801. The third-order valence-electron chi connectivity index (χ3n) is 4.69. The number of carbonyl (C=O) groups is 1. The molecule has 0 radical (unpaired) electrons. The zero-order valence-electron chi connectivity index (χ0n) is 14.5. The molecule has 134 valence electrons. The minimum atomic E-state index is -0.183. The Kier molecular flexibility index (Phi) is 5.81. The minimum Gasteiger partial charge on any atom is -0.338 e. The third kappa shape index (κ3) is 5.39. The Balaban J connectivity index is 1.36. The van der Waals surface area contributed by atoms with Crippen molar-refractivity contribution in [3.63, 3.8) is 0 Å². The van der Waals surface area contributed by atoms with E-state index >= 15 is 0 Å². The molecule has 6 heteroatoms. The first-order chi connectivity index (χ1) is 12.1. The van der Waals surface area contributed by atoms with Crippen LogP contribution in [-0.2, 0) is 11.2 Å². The molecule has 2 aromatic rings. The second-order valence-corrected chi connectivity index (χ2v) is 6.75. The predicted octanol–water partition coefficient (Wildman–Crippen LogP) is 3.41. The van der Waals surface area contributed by atoms with Gasteiger partial charge in [-0.15, -0.1) is 0 Å². The standard InChI is InChI=1S/C19H24FN3O2/c1-14-12-19(25-22-14)21-18(24)8-11-23-9-6-16(7-10-23)13-15-2-4-17(20)5-3-15/h2-5,12,16H,6-11,13H2,1H3,(H,21,24). The Hall–Kier alpha value is -2.21. The number of nitrogens with one attached hydrogen (secondary N) is 1. The van der Waals surface area contributed by atoms with E-state index in [4.69, 9.17) is 4.52 Å². The van der Waals surface area contributed by atoms with E-state index in [1.165, 1.54) is 17.7 Å². The summed E-state index contributed by atoms with van der Waals surface area (Å²) in [5, 5.41) is 6.47. The van der Waals surface area contributed by atoms with Crippen molar-refractivity contribution in [1.29, 1.82) is 0 Å². The highest BCUT2D eigenvalue weighted by atomic mass is 19.1. The normalized spacial score (nSPS) is 16.1. The number of amides is 1. The smallest absolute Gasteiger partial charge is 0.231 e. The van der Waals surface area contributed by atoms with E-state index in [9.17, 15) is 9.18 Å². The zero-order chi connectivity index (χ0) is 17.6. The van der Waals surface area contributed by atoms with Gasteiger partial charge in [-0.05, 0) is 62.9 Å². The number of carbonyl (C=O) groups excluding carboxylic acids is 1. The van der Waals surface area contributed by atoms with Crippen LogP contribution in [0.25, 0.3) is 0 Å². The monoisotopic (exact) mass is 345 g/mol. The topological polar surface area (TPSA) is 58.4 Å². The molecule has 0 bridgehead atoms. The van der Waals surface area contributed by atoms with Crippen LogP contribution in [0, 0.1) is 18.7 Å². The summed E-state index contributed by atoms with van der Waals surface area (Å²) in [6, 6.07) is 8.51. The molecule has 5 nitrogen and oxygen atoms in total. The Morgan fingerprint density at radius 3 is 2.68 bits per heavy atom. The fourth-order valence-corrected chi connectivity index (χ4v) is 3.25. The molecule has 0 unspecified atom stereocenters. The molecule has 0 atom stereocenters. The molecule has 1 aromatic heterocycles. The molecule has 0 saturated carbocycles. The number of rotatable bonds is 6. The molecular weight excluding hydrogens is 321 g/mol. The largest absolute Gasteiger partial charge is 0.338 e. The van der Waals surface area contributed by atoms with Gasteiger partial charge < -0.3 is 9.42 Å². The highest BCUT2D eigenvalue weighted by Crippen LogP contribution is 2.22. The predicted molar refractivity (Wildman–Crippen MR) is 93.8 cm³/mol. The van der Waals surface area contributed by atoms with Crippen molar-refractivity contribution in [3.8, 4) is 0 Å². The second-order valence-electron chi connectivity index (χ2n) is 6.75. The van der Waals surface area contributed by atoms with E-state index in [-0.39, 0.29) is 11.7 Å². The van der Waals surface area contributed by atoms with Gasteiger partial charge in [-0.25, -0.2) is 4.39 Å². The Labute approximate surface area is 147 Å². The number of benzene rings is 1. The van der Waals surface area contributed by atoms with Crippen molar-refractivity contribution >= 4 is 11.8 Å². The first-order valence-corrected chi connectivity index (χ1v) is 8.78. The Morgan fingerprint density at radius 1 is 1.32 bits per heavy atom. The number of halogens is 1. The van der Waals surface area contributed by atoms with E-state index in [1.807, 2.05) is 19.1 Å². The number of nitrogens with zero attached hydrogens (tertiary/aromatic N) is 2. The first-order valence-electron chi connectivity index (χ1n) is 8.78. The number of piperidine rings is 1. The van der Waals surface area contributed by atoms with Gasteiger partial charge in [0.05, 0.1) is 5.69 Å². The Bertz CT molecular complexity index is 691. The van der Waals surface area contributed by atoms with Crippen molar-refractivity contribution < 1.29 is 13.7 Å². The minimum absolute atomic E-state index is 0.0513. The zero-order valence-corrected chi connectivity index (χ0v) is 14.5. The molecule has 3 rings (SSSR count). The van der Waals surface area contributed by atoms with E-state index < -0.39 is 0 Å². The number of likely N-dealkylation sites (tertiary alicyclic amines) is 1. The average Bonchev–Trinajstić information content (AvgIpc) is 3.01. The summed E-state index contributed by atoms with van der Waals surface area (Å²) in [6.45, 7) is 4.57. The van der Waals surface area contributed by atoms with Crippen LogP contribution < -0.4 is 5.32 Å². The molecule has 25 heavy (non-hydrogen) atoms. The molecule has 1 aliphatic heterocycles. The average molecular weight is 345 g/mol. The van der Waals surface area contributed by atoms with Crippen LogP contribution >= 0.6 is 0 Å². The molecule has 1 saturated heterocycles. The molecular formula is C19H24FN3O2. The summed E-state index contributed by atoms with van der Waals surface area (Å²) in [4.78, 5) is 14.3. The van der Waals surface area contributed by atoms with E-state index in [2.05, 4.69) is 15.4 Å². The molecule has 1 amide bonds. The lowest BCUT2D eigenvalue weighted by molar-refractivity contribution is -0.116.